The van der Waals surface area contributed by atoms with Crippen LogP contribution in [0.2, 0.25) is 0 Å². The molecule has 1 heterocycles. The number of guanidine groups is 1. The number of nitrogens with one attached hydrogen (secondary N) is 2. The maximum Gasteiger partial charge on any atom is 0.191 e. The summed E-state index contributed by atoms with van der Waals surface area (Å²) in [4.78, 5) is 4.61. The van der Waals surface area contributed by atoms with Gasteiger partial charge in [-0.2, -0.15) is 0 Å². The zero-order valence-electron chi connectivity index (χ0n) is 16.7. The molecule has 0 radical (unpaired) electrons. The van der Waals surface area contributed by atoms with E-state index in [9.17, 15) is 5.11 Å². The van der Waals surface area contributed by atoms with Crippen molar-refractivity contribution in [2.24, 2.45) is 10.9 Å². The second-order valence-electron chi connectivity index (χ2n) is 7.69. The van der Waals surface area contributed by atoms with Gasteiger partial charge in [-0.05, 0) is 57.6 Å². The minimum Gasteiger partial charge on any atom is -0.466 e. The van der Waals surface area contributed by atoms with Gasteiger partial charge >= 0.3 is 0 Å². The molecule has 3 N–H and O–H groups in total. The molecule has 1 fully saturated rings. The number of furan rings is 1. The zero-order valence-corrected chi connectivity index (χ0v) is 16.7. The Labute approximate surface area is 161 Å². The highest BCUT2D eigenvalue weighted by atomic mass is 16.3. The normalized spacial score (nSPS) is 21.6. The highest BCUT2D eigenvalue weighted by molar-refractivity contribution is 5.79. The van der Waals surface area contributed by atoms with Gasteiger partial charge in [0.2, 0.25) is 0 Å². The van der Waals surface area contributed by atoms with Crippen molar-refractivity contribution in [3.63, 3.8) is 0 Å². The van der Waals surface area contributed by atoms with E-state index >= 15 is 0 Å². The van der Waals surface area contributed by atoms with E-state index in [0.29, 0.717) is 11.8 Å². The van der Waals surface area contributed by atoms with Crippen LogP contribution in [0.3, 0.4) is 0 Å². The summed E-state index contributed by atoms with van der Waals surface area (Å²) in [5, 5.41) is 17.6. The van der Waals surface area contributed by atoms with Crippen molar-refractivity contribution in [3.8, 4) is 0 Å². The molecule has 0 spiro atoms. The fourth-order valence-corrected chi connectivity index (χ4v) is 3.63. The summed E-state index contributed by atoms with van der Waals surface area (Å²) < 4.78 is 5.56. The lowest BCUT2D eigenvalue weighted by Gasteiger charge is -2.21. The van der Waals surface area contributed by atoms with Crippen LogP contribution in [0.25, 0.3) is 0 Å². The highest BCUT2D eigenvalue weighted by Crippen LogP contribution is 2.46. The van der Waals surface area contributed by atoms with Crippen LogP contribution in [-0.2, 0) is 5.60 Å². The molecular weight excluding hydrogens is 338 g/mol. The zero-order chi connectivity index (χ0) is 19.4. The van der Waals surface area contributed by atoms with Gasteiger partial charge in [-0.15, -0.1) is 0 Å². The van der Waals surface area contributed by atoms with Crippen molar-refractivity contribution >= 4 is 5.96 Å². The third-order valence-corrected chi connectivity index (χ3v) is 5.19. The van der Waals surface area contributed by atoms with E-state index in [1.54, 1.807) is 6.92 Å². The minimum atomic E-state index is -1.06. The van der Waals surface area contributed by atoms with Crippen LogP contribution in [0, 0.1) is 19.8 Å². The Hall–Kier alpha value is -2.27. The first-order valence-electron chi connectivity index (χ1n) is 9.77. The third-order valence-electron chi connectivity index (χ3n) is 5.19. The van der Waals surface area contributed by atoms with Gasteiger partial charge in [0.25, 0.3) is 0 Å². The number of nitrogens with zero attached hydrogens (tertiary/aromatic N) is 1. The average molecular weight is 370 g/mol. The molecule has 2 aromatic rings. The van der Waals surface area contributed by atoms with Crippen molar-refractivity contribution in [2.75, 3.05) is 19.6 Å². The Kier molecular flexibility index (Phi) is 5.90. The molecule has 0 bridgehead atoms. The topological polar surface area (TPSA) is 69.8 Å². The quantitative estimate of drug-likeness (QED) is 0.516. The number of aliphatic hydroxyl groups is 1. The van der Waals surface area contributed by atoms with E-state index in [4.69, 9.17) is 4.42 Å². The number of hydrogen-bond donors (Lipinski definition) is 3. The van der Waals surface area contributed by atoms with Crippen molar-refractivity contribution in [2.45, 2.75) is 45.6 Å². The van der Waals surface area contributed by atoms with Gasteiger partial charge in [-0.3, -0.25) is 0 Å². The smallest absolute Gasteiger partial charge is 0.191 e. The summed E-state index contributed by atoms with van der Waals surface area (Å²) in [6.45, 7) is 9.53. The predicted molar refractivity (Wildman–Crippen MR) is 109 cm³/mol. The number of rotatable bonds is 7. The average Bonchev–Trinajstić information content (AvgIpc) is 3.34. The van der Waals surface area contributed by atoms with Crippen LogP contribution < -0.4 is 10.6 Å². The van der Waals surface area contributed by atoms with Crippen LogP contribution in [0.1, 0.15) is 48.8 Å². The van der Waals surface area contributed by atoms with E-state index in [-0.39, 0.29) is 6.54 Å². The monoisotopic (exact) mass is 369 g/mol. The largest absolute Gasteiger partial charge is 0.466 e. The second kappa shape index (κ2) is 8.17. The van der Waals surface area contributed by atoms with Gasteiger partial charge in [-0.25, -0.2) is 4.99 Å². The van der Waals surface area contributed by atoms with Crippen LogP contribution in [-0.4, -0.2) is 30.7 Å². The molecule has 146 valence electrons. The molecule has 1 aromatic carbocycles. The molecule has 0 aliphatic heterocycles. The number of hydrogen-bond acceptors (Lipinski definition) is 3. The van der Waals surface area contributed by atoms with E-state index in [2.05, 4.69) is 46.0 Å². The van der Waals surface area contributed by atoms with Crippen molar-refractivity contribution in [3.05, 3.63) is 59.0 Å². The highest BCUT2D eigenvalue weighted by Gasteiger charge is 2.38. The van der Waals surface area contributed by atoms with Crippen molar-refractivity contribution in [1.82, 2.24) is 10.6 Å². The van der Waals surface area contributed by atoms with Crippen molar-refractivity contribution in [1.29, 1.82) is 0 Å². The molecule has 1 saturated carbocycles. The van der Waals surface area contributed by atoms with E-state index in [1.165, 1.54) is 12.0 Å². The fourth-order valence-electron chi connectivity index (χ4n) is 3.63. The number of aliphatic imine (C=N–C) groups is 1. The molecular formula is C22H31N3O2. The van der Waals surface area contributed by atoms with E-state index in [0.717, 1.165) is 36.1 Å². The molecule has 3 unspecified atom stereocenters. The summed E-state index contributed by atoms with van der Waals surface area (Å²) in [5.41, 5.74) is 1.15. The Morgan fingerprint density at radius 1 is 1.26 bits per heavy atom. The van der Waals surface area contributed by atoms with Crippen molar-refractivity contribution < 1.29 is 9.52 Å². The molecule has 0 saturated heterocycles. The summed E-state index contributed by atoms with van der Waals surface area (Å²) >= 11 is 0. The lowest BCUT2D eigenvalue weighted by Crippen LogP contribution is -2.40. The van der Waals surface area contributed by atoms with Gasteiger partial charge < -0.3 is 20.2 Å². The molecule has 27 heavy (non-hydrogen) atoms. The fraction of sp³-hybridized carbons (Fsp3) is 0.500. The molecule has 0 amide bonds. The summed E-state index contributed by atoms with van der Waals surface area (Å²) in [6, 6.07) is 12.6. The van der Waals surface area contributed by atoms with Gasteiger partial charge in [0.15, 0.2) is 5.96 Å². The van der Waals surface area contributed by atoms with Crippen LogP contribution in [0.4, 0.5) is 0 Å². The lowest BCUT2D eigenvalue weighted by molar-refractivity contribution is 0.0657. The summed E-state index contributed by atoms with van der Waals surface area (Å²) in [6.07, 6.45) is 1.21. The third kappa shape index (κ3) is 4.92. The Bertz CT molecular complexity index is 780. The maximum absolute atomic E-state index is 10.9. The van der Waals surface area contributed by atoms with Gasteiger partial charge in [0.1, 0.15) is 17.1 Å². The van der Waals surface area contributed by atoms with E-state index < -0.39 is 5.60 Å². The molecule has 5 heteroatoms. The Morgan fingerprint density at radius 3 is 2.63 bits per heavy atom. The molecule has 3 atom stereocenters. The molecule has 1 aliphatic rings. The maximum atomic E-state index is 10.9. The van der Waals surface area contributed by atoms with Gasteiger partial charge in [0.05, 0.1) is 6.54 Å². The Balaban J connectivity index is 1.58. The standard InChI is InChI=1S/C22H31N3O2/c1-5-23-21(24-13-18-12-19(18)17-9-7-6-8-10-17)25-14-22(4,26)20-11-15(2)27-16(20)3/h6-11,18-19,26H,5,12-14H2,1-4H3,(H2,23,24,25). The predicted octanol–water partition coefficient (Wildman–Crippen LogP) is 3.46. The lowest BCUT2D eigenvalue weighted by atomic mass is 9.96. The number of benzene rings is 1. The molecule has 5 nitrogen and oxygen atoms in total. The van der Waals surface area contributed by atoms with Crippen LogP contribution >= 0.6 is 0 Å². The van der Waals surface area contributed by atoms with Gasteiger partial charge in [-0.1, -0.05) is 30.3 Å². The first kappa shape index (κ1) is 19.5. The number of aryl methyl sites for hydroxylation is 2. The van der Waals surface area contributed by atoms with Gasteiger partial charge in [0, 0.05) is 18.7 Å². The summed E-state index contributed by atoms with van der Waals surface area (Å²) in [5.74, 6) is 3.57. The van der Waals surface area contributed by atoms with Crippen LogP contribution in [0.15, 0.2) is 45.8 Å². The first-order valence-corrected chi connectivity index (χ1v) is 9.77. The molecule has 1 aromatic heterocycles. The Morgan fingerprint density at radius 2 is 2.00 bits per heavy atom. The SMILES string of the molecule is CCNC(=NCC(C)(O)c1cc(C)oc1C)NCC1CC1c1ccccc1. The second-order valence-corrected chi connectivity index (χ2v) is 7.69. The first-order chi connectivity index (χ1) is 12.9. The van der Waals surface area contributed by atoms with Crippen LogP contribution in [0.5, 0.6) is 0 Å². The minimum absolute atomic E-state index is 0.273. The molecule has 3 rings (SSSR count). The van der Waals surface area contributed by atoms with E-state index in [1.807, 2.05) is 26.8 Å². The summed E-state index contributed by atoms with van der Waals surface area (Å²) in [7, 11) is 0. The molecule has 1 aliphatic carbocycles.